The minimum atomic E-state index is -0.0383. The molecule has 4 rings (SSSR count). The highest BCUT2D eigenvalue weighted by Crippen LogP contribution is 2.33. The van der Waals surface area contributed by atoms with Crippen LogP contribution in [0.1, 0.15) is 27.9 Å². The first-order valence-electron chi connectivity index (χ1n) is 9.41. The zero-order chi connectivity index (χ0) is 19.5. The maximum absolute atomic E-state index is 12.9. The summed E-state index contributed by atoms with van der Waals surface area (Å²) in [7, 11) is 3.24. The van der Waals surface area contributed by atoms with E-state index in [-0.39, 0.29) is 12.0 Å². The van der Waals surface area contributed by atoms with Gasteiger partial charge in [0.15, 0.2) is 11.5 Å². The highest BCUT2D eigenvalue weighted by Gasteiger charge is 2.24. The average molecular weight is 384 g/mol. The molecule has 7 nitrogen and oxygen atoms in total. The van der Waals surface area contributed by atoms with Crippen LogP contribution in [0, 0.1) is 0 Å². The predicted octanol–water partition coefficient (Wildman–Crippen LogP) is 2.47. The van der Waals surface area contributed by atoms with Crippen molar-refractivity contribution < 1.29 is 23.7 Å². The zero-order valence-corrected chi connectivity index (χ0v) is 16.1. The van der Waals surface area contributed by atoms with Crippen molar-refractivity contribution in [3.63, 3.8) is 0 Å². The Labute approximate surface area is 164 Å². The van der Waals surface area contributed by atoms with Gasteiger partial charge < -0.3 is 23.8 Å². The quantitative estimate of drug-likeness (QED) is 0.789. The van der Waals surface area contributed by atoms with Crippen molar-refractivity contribution in [2.45, 2.75) is 25.5 Å². The number of ether oxygens (including phenoxy) is 4. The molecule has 1 saturated heterocycles. The van der Waals surface area contributed by atoms with Crippen LogP contribution in [0.4, 0.5) is 0 Å². The largest absolute Gasteiger partial charge is 0.493 e. The van der Waals surface area contributed by atoms with Crippen LogP contribution in [0.5, 0.6) is 17.4 Å². The monoisotopic (exact) mass is 384 g/mol. The molecule has 0 aliphatic carbocycles. The summed E-state index contributed by atoms with van der Waals surface area (Å²) in [4.78, 5) is 19.0. The number of methoxy groups -OCH3 is 2. The number of hydrogen-bond donors (Lipinski definition) is 0. The minimum Gasteiger partial charge on any atom is -0.493 e. The van der Waals surface area contributed by atoms with Crippen LogP contribution < -0.4 is 14.2 Å². The number of pyridine rings is 1. The van der Waals surface area contributed by atoms with Gasteiger partial charge in [0, 0.05) is 31.8 Å². The lowest BCUT2D eigenvalue weighted by molar-refractivity contribution is 0.0733. The third kappa shape index (κ3) is 3.75. The lowest BCUT2D eigenvalue weighted by Gasteiger charge is -2.29. The van der Waals surface area contributed by atoms with E-state index in [1.165, 1.54) is 5.56 Å². The van der Waals surface area contributed by atoms with Crippen molar-refractivity contribution in [2.75, 3.05) is 34.0 Å². The van der Waals surface area contributed by atoms with Crippen LogP contribution >= 0.6 is 0 Å². The third-order valence-electron chi connectivity index (χ3n) is 5.16. The highest BCUT2D eigenvalue weighted by molar-refractivity contribution is 5.94. The van der Waals surface area contributed by atoms with Gasteiger partial charge in [-0.3, -0.25) is 4.79 Å². The van der Waals surface area contributed by atoms with Gasteiger partial charge in [-0.2, -0.15) is 0 Å². The van der Waals surface area contributed by atoms with E-state index in [4.69, 9.17) is 18.9 Å². The van der Waals surface area contributed by atoms with Crippen LogP contribution in [0.15, 0.2) is 30.5 Å². The van der Waals surface area contributed by atoms with Gasteiger partial charge in [-0.25, -0.2) is 4.98 Å². The summed E-state index contributed by atoms with van der Waals surface area (Å²) in [5.41, 5.74) is 2.81. The van der Waals surface area contributed by atoms with Gasteiger partial charge >= 0.3 is 0 Å². The molecule has 1 amide bonds. The summed E-state index contributed by atoms with van der Waals surface area (Å²) in [6.45, 7) is 2.49. The minimum absolute atomic E-state index is 0.0383. The summed E-state index contributed by atoms with van der Waals surface area (Å²) in [6.07, 6.45) is 3.26. The molecule has 1 aromatic heterocycles. The molecule has 0 bridgehead atoms. The Balaban J connectivity index is 1.45. The lowest BCUT2D eigenvalue weighted by Crippen LogP contribution is -2.36. The van der Waals surface area contributed by atoms with E-state index in [1.54, 1.807) is 32.5 Å². The fourth-order valence-corrected chi connectivity index (χ4v) is 3.59. The smallest absolute Gasteiger partial charge is 0.255 e. The van der Waals surface area contributed by atoms with E-state index in [2.05, 4.69) is 4.98 Å². The number of rotatable bonds is 5. The van der Waals surface area contributed by atoms with Gasteiger partial charge in [-0.1, -0.05) is 0 Å². The fourth-order valence-electron chi connectivity index (χ4n) is 3.59. The summed E-state index contributed by atoms with van der Waals surface area (Å²) in [6, 6.07) is 7.46. The van der Waals surface area contributed by atoms with Crippen molar-refractivity contribution in [3.8, 4) is 17.4 Å². The summed E-state index contributed by atoms with van der Waals surface area (Å²) in [5.74, 6) is 1.87. The van der Waals surface area contributed by atoms with E-state index < -0.39 is 0 Å². The number of fused-ring (bicyclic) bond motifs is 1. The topological polar surface area (TPSA) is 70.1 Å². The molecule has 3 heterocycles. The van der Waals surface area contributed by atoms with Gasteiger partial charge in [-0.05, 0) is 35.7 Å². The fraction of sp³-hybridized carbons (Fsp3) is 0.429. The van der Waals surface area contributed by atoms with Gasteiger partial charge in [0.2, 0.25) is 5.88 Å². The first kappa shape index (κ1) is 18.6. The molecule has 1 aromatic carbocycles. The molecule has 148 valence electrons. The number of nitrogens with zero attached hydrogens (tertiary/aromatic N) is 2. The van der Waals surface area contributed by atoms with Crippen molar-refractivity contribution in [2.24, 2.45) is 0 Å². The van der Waals surface area contributed by atoms with E-state index >= 15 is 0 Å². The normalized spacial score (nSPS) is 18.5. The SMILES string of the molecule is COc1cc2c(cc1OC)CN(C(=O)c1ccc(OC3CCOC3)nc1)CC2. The van der Waals surface area contributed by atoms with E-state index in [9.17, 15) is 4.79 Å². The highest BCUT2D eigenvalue weighted by atomic mass is 16.5. The molecule has 2 aliphatic heterocycles. The molecule has 2 aliphatic rings. The molecular weight excluding hydrogens is 360 g/mol. The molecule has 7 heteroatoms. The van der Waals surface area contributed by atoms with E-state index in [0.29, 0.717) is 49.2 Å². The molecule has 2 aromatic rings. The Morgan fingerprint density at radius 1 is 1.18 bits per heavy atom. The second kappa shape index (κ2) is 8.06. The first-order valence-corrected chi connectivity index (χ1v) is 9.41. The average Bonchev–Trinajstić information content (AvgIpc) is 3.25. The van der Waals surface area contributed by atoms with Crippen LogP contribution in [0.2, 0.25) is 0 Å². The van der Waals surface area contributed by atoms with Crippen molar-refractivity contribution in [3.05, 3.63) is 47.2 Å². The van der Waals surface area contributed by atoms with Crippen molar-refractivity contribution in [1.29, 1.82) is 0 Å². The second-order valence-corrected chi connectivity index (χ2v) is 6.94. The molecule has 0 saturated carbocycles. The van der Waals surface area contributed by atoms with Crippen LogP contribution in [0.3, 0.4) is 0 Å². The van der Waals surface area contributed by atoms with Crippen molar-refractivity contribution in [1.82, 2.24) is 9.88 Å². The Morgan fingerprint density at radius 2 is 1.96 bits per heavy atom. The zero-order valence-electron chi connectivity index (χ0n) is 16.1. The second-order valence-electron chi connectivity index (χ2n) is 6.94. The molecule has 0 spiro atoms. The summed E-state index contributed by atoms with van der Waals surface area (Å²) >= 11 is 0. The maximum atomic E-state index is 12.9. The predicted molar refractivity (Wildman–Crippen MR) is 102 cm³/mol. The molecule has 28 heavy (non-hydrogen) atoms. The van der Waals surface area contributed by atoms with Gasteiger partial charge in [-0.15, -0.1) is 0 Å². The van der Waals surface area contributed by atoms with Gasteiger partial charge in [0.25, 0.3) is 5.91 Å². The summed E-state index contributed by atoms with van der Waals surface area (Å²) < 4.78 is 21.8. The number of aromatic nitrogens is 1. The summed E-state index contributed by atoms with van der Waals surface area (Å²) in [5, 5.41) is 0. The number of amides is 1. The standard InChI is InChI=1S/C21H24N2O5/c1-25-18-9-14-5-7-23(12-16(14)10-19(18)26-2)21(24)15-3-4-20(22-11-15)28-17-6-8-27-13-17/h3-4,9-11,17H,5-8,12-13H2,1-2H3. The third-order valence-corrected chi connectivity index (χ3v) is 5.16. The number of carbonyl (C=O) groups is 1. The van der Waals surface area contributed by atoms with E-state index in [1.807, 2.05) is 17.0 Å². The Hall–Kier alpha value is -2.80. The Bertz CT molecular complexity index is 847. The molecule has 0 N–H and O–H groups in total. The van der Waals surface area contributed by atoms with Crippen molar-refractivity contribution >= 4 is 5.91 Å². The number of benzene rings is 1. The molecule has 1 fully saturated rings. The van der Waals surface area contributed by atoms with Gasteiger partial charge in [0.1, 0.15) is 6.10 Å². The first-order chi connectivity index (χ1) is 13.7. The van der Waals surface area contributed by atoms with E-state index in [0.717, 1.165) is 18.4 Å². The molecule has 0 radical (unpaired) electrons. The Morgan fingerprint density at radius 3 is 2.61 bits per heavy atom. The lowest BCUT2D eigenvalue weighted by atomic mass is 9.98. The van der Waals surface area contributed by atoms with Gasteiger partial charge in [0.05, 0.1) is 33.0 Å². The van der Waals surface area contributed by atoms with Crippen LogP contribution in [-0.2, 0) is 17.7 Å². The van der Waals surface area contributed by atoms with Crippen LogP contribution in [0.25, 0.3) is 0 Å². The molecule has 1 unspecified atom stereocenters. The molecule has 1 atom stereocenters. The number of hydrogen-bond acceptors (Lipinski definition) is 6. The van der Waals surface area contributed by atoms with Crippen LogP contribution in [-0.4, -0.2) is 55.9 Å². The molecular formula is C21H24N2O5. The maximum Gasteiger partial charge on any atom is 0.255 e. The Kier molecular flexibility index (Phi) is 5.34. The number of carbonyl (C=O) groups excluding carboxylic acids is 1.